The van der Waals surface area contributed by atoms with E-state index in [1.807, 2.05) is 4.90 Å². The lowest BCUT2D eigenvalue weighted by Crippen LogP contribution is -2.50. The summed E-state index contributed by atoms with van der Waals surface area (Å²) in [6, 6.07) is 3.42. The normalized spacial score (nSPS) is 29.0. The van der Waals surface area contributed by atoms with Crippen molar-refractivity contribution < 1.29 is 9.53 Å². The lowest BCUT2D eigenvalue weighted by molar-refractivity contribution is -0.0296. The van der Waals surface area contributed by atoms with E-state index < -0.39 is 0 Å². The third kappa shape index (κ3) is 2.79. The monoisotopic (exact) mass is 308 g/mol. The van der Waals surface area contributed by atoms with Gasteiger partial charge in [-0.05, 0) is 37.8 Å². The molecule has 3 rings (SSSR count). The summed E-state index contributed by atoms with van der Waals surface area (Å²) in [5, 5.41) is 0.553. The van der Waals surface area contributed by atoms with Crippen LogP contribution in [0.2, 0.25) is 5.02 Å². The van der Waals surface area contributed by atoms with Gasteiger partial charge in [0.15, 0.2) is 0 Å². The second-order valence-corrected chi connectivity index (χ2v) is 6.61. The van der Waals surface area contributed by atoms with Crippen LogP contribution in [0.25, 0.3) is 0 Å². The first-order valence-corrected chi connectivity index (χ1v) is 7.96. The Hall–Kier alpha value is -1.13. The maximum atomic E-state index is 12.6. The van der Waals surface area contributed by atoms with Gasteiger partial charge in [0.1, 0.15) is 5.69 Å². The molecule has 0 radical (unpaired) electrons. The second kappa shape index (κ2) is 5.93. The van der Waals surface area contributed by atoms with Gasteiger partial charge < -0.3 is 9.64 Å². The number of hydrogen-bond donors (Lipinski definition) is 0. The topological polar surface area (TPSA) is 42.4 Å². The Bertz CT molecular complexity index is 520. The van der Waals surface area contributed by atoms with Crippen molar-refractivity contribution in [3.63, 3.8) is 0 Å². The van der Waals surface area contributed by atoms with E-state index >= 15 is 0 Å². The average Bonchev–Trinajstić information content (AvgIpc) is 2.89. The lowest BCUT2D eigenvalue weighted by atomic mass is 9.76. The first-order valence-electron chi connectivity index (χ1n) is 7.58. The Labute approximate surface area is 130 Å². The van der Waals surface area contributed by atoms with E-state index in [0.717, 1.165) is 38.8 Å². The molecule has 1 saturated heterocycles. The molecular weight excluding hydrogens is 288 g/mol. The SMILES string of the molecule is CO[C@@H]1CCC[C@@]12CCCN(C(=O)c1ccc(Cl)cn1)C2. The fourth-order valence-electron chi connectivity index (χ4n) is 3.94. The summed E-state index contributed by atoms with van der Waals surface area (Å²) in [5.74, 6) is 0.00694. The number of piperidine rings is 1. The van der Waals surface area contributed by atoms with E-state index in [4.69, 9.17) is 16.3 Å². The number of nitrogens with zero attached hydrogens (tertiary/aromatic N) is 2. The average molecular weight is 309 g/mol. The highest BCUT2D eigenvalue weighted by atomic mass is 35.5. The lowest BCUT2D eigenvalue weighted by Gasteiger charge is -2.43. The molecule has 2 atom stereocenters. The summed E-state index contributed by atoms with van der Waals surface area (Å²) in [6.07, 6.45) is 7.47. The van der Waals surface area contributed by atoms with Gasteiger partial charge in [0.2, 0.25) is 0 Å². The molecule has 0 aromatic carbocycles. The van der Waals surface area contributed by atoms with E-state index in [9.17, 15) is 4.79 Å². The van der Waals surface area contributed by atoms with Crippen molar-refractivity contribution in [3.8, 4) is 0 Å². The van der Waals surface area contributed by atoms with Crippen molar-refractivity contribution in [1.29, 1.82) is 0 Å². The van der Waals surface area contributed by atoms with Gasteiger partial charge in [-0.1, -0.05) is 18.0 Å². The van der Waals surface area contributed by atoms with E-state index in [0.29, 0.717) is 10.7 Å². The molecule has 1 spiro atoms. The van der Waals surface area contributed by atoms with Crippen LogP contribution >= 0.6 is 11.6 Å². The predicted molar refractivity (Wildman–Crippen MR) is 81.5 cm³/mol. The van der Waals surface area contributed by atoms with Crippen LogP contribution < -0.4 is 0 Å². The standard InChI is InChI=1S/C16H21ClN2O2/c1-21-14-4-2-7-16(14)8-3-9-19(11-16)15(20)13-6-5-12(17)10-18-13/h5-6,10,14H,2-4,7-9,11H2,1H3/t14-,16+/m1/s1. The highest BCUT2D eigenvalue weighted by Crippen LogP contribution is 2.46. The van der Waals surface area contributed by atoms with Gasteiger partial charge in [-0.2, -0.15) is 0 Å². The first kappa shape index (κ1) is 14.8. The van der Waals surface area contributed by atoms with Crippen molar-refractivity contribution in [3.05, 3.63) is 29.0 Å². The number of pyridine rings is 1. The van der Waals surface area contributed by atoms with Gasteiger partial charge >= 0.3 is 0 Å². The van der Waals surface area contributed by atoms with Gasteiger partial charge in [0.25, 0.3) is 5.91 Å². The van der Waals surface area contributed by atoms with Gasteiger partial charge in [-0.15, -0.1) is 0 Å². The third-order valence-electron chi connectivity index (χ3n) is 4.95. The Balaban J connectivity index is 1.77. The van der Waals surface area contributed by atoms with Crippen LogP contribution in [-0.4, -0.2) is 42.1 Å². The Kier molecular flexibility index (Phi) is 4.18. The predicted octanol–water partition coefficient (Wildman–Crippen LogP) is 3.16. The minimum absolute atomic E-state index is 0.00694. The van der Waals surface area contributed by atoms with Crippen LogP contribution in [0, 0.1) is 5.41 Å². The Morgan fingerprint density at radius 3 is 2.95 bits per heavy atom. The summed E-state index contributed by atoms with van der Waals surface area (Å²) in [5.41, 5.74) is 0.623. The number of carbonyl (C=O) groups excluding carboxylic acids is 1. The quantitative estimate of drug-likeness (QED) is 0.843. The Morgan fingerprint density at radius 1 is 1.43 bits per heavy atom. The molecule has 0 unspecified atom stereocenters. The molecule has 2 fully saturated rings. The van der Waals surface area contributed by atoms with E-state index in [1.165, 1.54) is 12.6 Å². The van der Waals surface area contributed by atoms with Crippen LogP contribution in [0.4, 0.5) is 0 Å². The zero-order chi connectivity index (χ0) is 14.9. The number of amides is 1. The molecule has 1 aliphatic heterocycles. The van der Waals surface area contributed by atoms with Gasteiger partial charge in [-0.3, -0.25) is 4.79 Å². The molecule has 2 aliphatic rings. The van der Waals surface area contributed by atoms with Crippen molar-refractivity contribution in [2.24, 2.45) is 5.41 Å². The molecular formula is C16H21ClN2O2. The summed E-state index contributed by atoms with van der Waals surface area (Å²) in [7, 11) is 1.79. The number of rotatable bonds is 2. The molecule has 5 heteroatoms. The molecule has 21 heavy (non-hydrogen) atoms. The summed E-state index contributed by atoms with van der Waals surface area (Å²) >= 11 is 5.83. The van der Waals surface area contributed by atoms with Crippen LogP contribution in [0.5, 0.6) is 0 Å². The minimum Gasteiger partial charge on any atom is -0.381 e. The maximum absolute atomic E-state index is 12.6. The minimum atomic E-state index is 0.00694. The van der Waals surface area contributed by atoms with Crippen molar-refractivity contribution in [2.75, 3.05) is 20.2 Å². The molecule has 0 N–H and O–H groups in total. The van der Waals surface area contributed by atoms with Gasteiger partial charge in [-0.25, -0.2) is 4.98 Å². The van der Waals surface area contributed by atoms with E-state index in [2.05, 4.69) is 4.98 Å². The Morgan fingerprint density at radius 2 is 2.24 bits per heavy atom. The van der Waals surface area contributed by atoms with Crippen LogP contribution in [0.1, 0.15) is 42.6 Å². The van der Waals surface area contributed by atoms with Gasteiger partial charge in [0, 0.05) is 31.8 Å². The molecule has 0 bridgehead atoms. The number of likely N-dealkylation sites (tertiary alicyclic amines) is 1. The fourth-order valence-corrected chi connectivity index (χ4v) is 4.05. The first-order chi connectivity index (χ1) is 10.1. The number of ether oxygens (including phenoxy) is 1. The third-order valence-corrected chi connectivity index (χ3v) is 5.17. The smallest absolute Gasteiger partial charge is 0.272 e. The summed E-state index contributed by atoms with van der Waals surface area (Å²) in [6.45, 7) is 1.59. The number of carbonyl (C=O) groups is 1. The largest absolute Gasteiger partial charge is 0.381 e. The molecule has 1 amide bonds. The van der Waals surface area contributed by atoms with E-state index in [-0.39, 0.29) is 17.4 Å². The van der Waals surface area contributed by atoms with Crippen molar-refractivity contribution >= 4 is 17.5 Å². The van der Waals surface area contributed by atoms with Crippen LogP contribution in [-0.2, 0) is 4.74 Å². The number of hydrogen-bond acceptors (Lipinski definition) is 3. The fraction of sp³-hybridized carbons (Fsp3) is 0.625. The molecule has 4 nitrogen and oxygen atoms in total. The number of methoxy groups -OCH3 is 1. The van der Waals surface area contributed by atoms with Crippen LogP contribution in [0.3, 0.4) is 0 Å². The molecule has 1 aromatic heterocycles. The highest BCUT2D eigenvalue weighted by molar-refractivity contribution is 6.30. The molecule has 114 valence electrons. The zero-order valence-electron chi connectivity index (χ0n) is 12.3. The molecule has 1 aromatic rings. The summed E-state index contributed by atoms with van der Waals surface area (Å²) in [4.78, 5) is 18.7. The molecule has 1 aliphatic carbocycles. The van der Waals surface area contributed by atoms with E-state index in [1.54, 1.807) is 19.2 Å². The molecule has 2 heterocycles. The summed E-state index contributed by atoms with van der Waals surface area (Å²) < 4.78 is 5.68. The number of aromatic nitrogens is 1. The number of halogens is 1. The zero-order valence-corrected chi connectivity index (χ0v) is 13.1. The highest BCUT2D eigenvalue weighted by Gasteiger charge is 2.46. The molecule has 1 saturated carbocycles. The van der Waals surface area contributed by atoms with Crippen LogP contribution in [0.15, 0.2) is 18.3 Å². The maximum Gasteiger partial charge on any atom is 0.272 e. The van der Waals surface area contributed by atoms with Crippen molar-refractivity contribution in [2.45, 2.75) is 38.2 Å². The van der Waals surface area contributed by atoms with Crippen molar-refractivity contribution in [1.82, 2.24) is 9.88 Å². The second-order valence-electron chi connectivity index (χ2n) is 6.17. The van der Waals surface area contributed by atoms with Gasteiger partial charge in [0.05, 0.1) is 11.1 Å².